The molecule has 20 heavy (non-hydrogen) atoms. The van der Waals surface area contributed by atoms with Crippen molar-refractivity contribution in [3.63, 3.8) is 0 Å². The number of anilines is 1. The number of nitrogens with zero attached hydrogens (tertiary/aromatic N) is 4. The highest BCUT2D eigenvalue weighted by Crippen LogP contribution is 2.29. The van der Waals surface area contributed by atoms with E-state index in [1.165, 1.54) is 13.3 Å². The Labute approximate surface area is 122 Å². The van der Waals surface area contributed by atoms with Gasteiger partial charge in [0, 0.05) is 6.54 Å². The number of nitriles is 1. The van der Waals surface area contributed by atoms with Crippen molar-refractivity contribution in [3.05, 3.63) is 17.0 Å². The van der Waals surface area contributed by atoms with Gasteiger partial charge in [-0.3, -0.25) is 0 Å². The number of carbonyl (C=O) groups is 1. The van der Waals surface area contributed by atoms with Crippen molar-refractivity contribution in [1.29, 1.82) is 5.26 Å². The molecule has 2 unspecified atom stereocenters. The third-order valence-corrected chi connectivity index (χ3v) is 3.76. The lowest BCUT2D eigenvalue weighted by Gasteiger charge is -2.38. The van der Waals surface area contributed by atoms with Crippen LogP contribution in [0.2, 0.25) is 5.15 Å². The van der Waals surface area contributed by atoms with Crippen molar-refractivity contribution in [1.82, 2.24) is 9.97 Å². The van der Waals surface area contributed by atoms with Gasteiger partial charge in [-0.2, -0.15) is 5.26 Å². The summed E-state index contributed by atoms with van der Waals surface area (Å²) in [6, 6.07) is 1.47. The van der Waals surface area contributed by atoms with Crippen LogP contribution in [0.5, 0.6) is 0 Å². The molecule has 0 amide bonds. The molecule has 106 valence electrons. The lowest BCUT2D eigenvalue weighted by Crippen LogP contribution is -2.50. The van der Waals surface area contributed by atoms with Gasteiger partial charge in [-0.15, -0.1) is 0 Å². The summed E-state index contributed by atoms with van der Waals surface area (Å²) in [6.07, 6.45) is 3.38. The Hall–Kier alpha value is -1.87. The molecule has 1 aromatic heterocycles. The molecule has 1 aromatic rings. The van der Waals surface area contributed by atoms with Crippen LogP contribution >= 0.6 is 11.6 Å². The number of hydrogen-bond donors (Lipinski definition) is 0. The molecule has 6 nitrogen and oxygen atoms in total. The van der Waals surface area contributed by atoms with E-state index in [0.717, 1.165) is 12.8 Å². The van der Waals surface area contributed by atoms with Crippen molar-refractivity contribution in [2.24, 2.45) is 5.92 Å². The second-order valence-electron chi connectivity index (χ2n) is 4.76. The Morgan fingerprint density at radius 3 is 3.00 bits per heavy atom. The fraction of sp³-hybridized carbons (Fsp3) is 0.538. The van der Waals surface area contributed by atoms with E-state index in [0.29, 0.717) is 12.4 Å². The molecule has 2 heterocycles. The predicted octanol–water partition coefficient (Wildman–Crippen LogP) is 1.78. The minimum Gasteiger partial charge on any atom is -0.467 e. The van der Waals surface area contributed by atoms with E-state index in [1.807, 2.05) is 17.9 Å². The monoisotopic (exact) mass is 294 g/mol. The summed E-state index contributed by atoms with van der Waals surface area (Å²) in [5.74, 6) is 0.364. The summed E-state index contributed by atoms with van der Waals surface area (Å²) in [7, 11) is 1.37. The maximum atomic E-state index is 12.0. The fourth-order valence-electron chi connectivity index (χ4n) is 2.50. The Morgan fingerprint density at radius 2 is 2.40 bits per heavy atom. The standard InChI is InChI=1S/C13H15ClN4O2/c1-8-4-3-5-18(11(8)13(19)20-2)10-7-16-9(6-15)12(14)17-10/h7-8,11H,3-5H2,1-2H3. The normalized spacial score (nSPS) is 22.2. The molecule has 0 saturated carbocycles. The highest BCUT2D eigenvalue weighted by atomic mass is 35.5. The van der Waals surface area contributed by atoms with Gasteiger partial charge in [0.1, 0.15) is 17.9 Å². The van der Waals surface area contributed by atoms with Crippen LogP contribution in [0.15, 0.2) is 6.20 Å². The number of hydrogen-bond acceptors (Lipinski definition) is 6. The van der Waals surface area contributed by atoms with Gasteiger partial charge in [-0.1, -0.05) is 18.5 Å². The van der Waals surface area contributed by atoms with Gasteiger partial charge in [0.05, 0.1) is 13.3 Å². The average molecular weight is 295 g/mol. The molecule has 0 radical (unpaired) electrons. The summed E-state index contributed by atoms with van der Waals surface area (Å²) >= 11 is 5.91. The minimum absolute atomic E-state index is 0.0480. The molecule has 1 aliphatic heterocycles. The van der Waals surface area contributed by atoms with E-state index in [9.17, 15) is 4.79 Å². The van der Waals surface area contributed by atoms with Crippen molar-refractivity contribution in [3.8, 4) is 6.07 Å². The van der Waals surface area contributed by atoms with Gasteiger partial charge in [-0.25, -0.2) is 14.8 Å². The number of piperidine rings is 1. The molecule has 0 N–H and O–H groups in total. The molecule has 2 rings (SSSR count). The van der Waals surface area contributed by atoms with Gasteiger partial charge in [-0.05, 0) is 18.8 Å². The van der Waals surface area contributed by atoms with Crippen LogP contribution in [0.25, 0.3) is 0 Å². The van der Waals surface area contributed by atoms with Crippen LogP contribution in [-0.4, -0.2) is 35.6 Å². The van der Waals surface area contributed by atoms with Crippen molar-refractivity contribution < 1.29 is 9.53 Å². The van der Waals surface area contributed by atoms with Crippen LogP contribution in [0, 0.1) is 17.2 Å². The Balaban J connectivity index is 2.35. The Bertz CT molecular complexity index is 558. The highest BCUT2D eigenvalue weighted by molar-refractivity contribution is 6.30. The molecule has 1 fully saturated rings. The first-order valence-electron chi connectivity index (χ1n) is 6.35. The van der Waals surface area contributed by atoms with Crippen LogP contribution in [0.4, 0.5) is 5.82 Å². The molecular formula is C13H15ClN4O2. The molecule has 0 spiro atoms. The predicted molar refractivity (Wildman–Crippen MR) is 73.3 cm³/mol. The second-order valence-corrected chi connectivity index (χ2v) is 5.12. The second kappa shape index (κ2) is 6.06. The lowest BCUT2D eigenvalue weighted by atomic mass is 9.91. The summed E-state index contributed by atoms with van der Waals surface area (Å²) < 4.78 is 4.87. The first-order chi connectivity index (χ1) is 9.58. The van der Waals surface area contributed by atoms with E-state index in [2.05, 4.69) is 9.97 Å². The topological polar surface area (TPSA) is 79.1 Å². The zero-order chi connectivity index (χ0) is 14.7. The highest BCUT2D eigenvalue weighted by Gasteiger charge is 2.36. The number of ether oxygens (including phenoxy) is 1. The molecule has 7 heteroatoms. The summed E-state index contributed by atoms with van der Waals surface area (Å²) in [6.45, 7) is 2.69. The van der Waals surface area contributed by atoms with Crippen molar-refractivity contribution >= 4 is 23.4 Å². The first-order valence-corrected chi connectivity index (χ1v) is 6.73. The third-order valence-electron chi connectivity index (χ3n) is 3.49. The van der Waals surface area contributed by atoms with Crippen molar-refractivity contribution in [2.75, 3.05) is 18.6 Å². The maximum Gasteiger partial charge on any atom is 0.328 e. The number of carbonyl (C=O) groups excluding carboxylic acids is 1. The van der Waals surface area contributed by atoms with Crippen LogP contribution in [0.1, 0.15) is 25.5 Å². The van der Waals surface area contributed by atoms with Crippen LogP contribution in [-0.2, 0) is 9.53 Å². The summed E-state index contributed by atoms with van der Waals surface area (Å²) in [5, 5.41) is 8.86. The average Bonchev–Trinajstić information content (AvgIpc) is 2.46. The van der Waals surface area contributed by atoms with Gasteiger partial charge >= 0.3 is 5.97 Å². The van der Waals surface area contributed by atoms with Gasteiger partial charge in [0.25, 0.3) is 0 Å². The van der Waals surface area contributed by atoms with Gasteiger partial charge in [0.15, 0.2) is 10.8 Å². The lowest BCUT2D eigenvalue weighted by molar-refractivity contribution is -0.144. The van der Waals surface area contributed by atoms with E-state index in [4.69, 9.17) is 21.6 Å². The molecule has 1 aliphatic rings. The maximum absolute atomic E-state index is 12.0. The Kier molecular flexibility index (Phi) is 4.40. The molecule has 0 aromatic carbocycles. The molecular weight excluding hydrogens is 280 g/mol. The number of esters is 1. The number of aromatic nitrogens is 2. The summed E-state index contributed by atoms with van der Waals surface area (Å²) in [5.41, 5.74) is 0.0788. The minimum atomic E-state index is -0.396. The molecule has 0 bridgehead atoms. The molecule has 2 atom stereocenters. The molecule has 1 saturated heterocycles. The largest absolute Gasteiger partial charge is 0.467 e. The number of methoxy groups -OCH3 is 1. The number of halogens is 1. The SMILES string of the molecule is COC(=O)C1C(C)CCCN1c1cnc(C#N)c(Cl)n1. The molecule has 0 aliphatic carbocycles. The third kappa shape index (κ3) is 2.68. The van der Waals surface area contributed by atoms with E-state index >= 15 is 0 Å². The fourth-order valence-corrected chi connectivity index (χ4v) is 2.67. The Morgan fingerprint density at radius 1 is 1.65 bits per heavy atom. The van der Waals surface area contributed by atoms with E-state index in [-0.39, 0.29) is 22.7 Å². The zero-order valence-electron chi connectivity index (χ0n) is 11.3. The van der Waals surface area contributed by atoms with Crippen LogP contribution < -0.4 is 4.90 Å². The van der Waals surface area contributed by atoms with Crippen molar-refractivity contribution in [2.45, 2.75) is 25.8 Å². The van der Waals surface area contributed by atoms with E-state index < -0.39 is 6.04 Å². The smallest absolute Gasteiger partial charge is 0.328 e. The first kappa shape index (κ1) is 14.5. The summed E-state index contributed by atoms with van der Waals surface area (Å²) in [4.78, 5) is 22.0. The number of rotatable bonds is 2. The van der Waals surface area contributed by atoms with E-state index in [1.54, 1.807) is 0 Å². The quantitative estimate of drug-likeness (QED) is 0.774. The van der Waals surface area contributed by atoms with Gasteiger partial charge in [0.2, 0.25) is 0 Å². The van der Waals surface area contributed by atoms with Gasteiger partial charge < -0.3 is 9.64 Å². The zero-order valence-corrected chi connectivity index (χ0v) is 12.1. The van der Waals surface area contributed by atoms with Crippen LogP contribution in [0.3, 0.4) is 0 Å².